The zero-order valence-electron chi connectivity index (χ0n) is 9.39. The van der Waals surface area contributed by atoms with E-state index in [0.717, 1.165) is 30.8 Å². The minimum Gasteiger partial charge on any atom is -0.365 e. The van der Waals surface area contributed by atoms with Gasteiger partial charge in [-0.25, -0.2) is 9.97 Å². The molecule has 0 bridgehead atoms. The number of fused-ring (bicyclic) bond motifs is 1. The number of hydrogen-bond acceptors (Lipinski definition) is 3. The molecule has 15 heavy (non-hydrogen) atoms. The van der Waals surface area contributed by atoms with Crippen LogP contribution in [0.2, 0.25) is 5.28 Å². The molecule has 1 N–H and O–H groups in total. The molecule has 0 saturated heterocycles. The molecule has 0 radical (unpaired) electrons. The van der Waals surface area contributed by atoms with Crippen LogP contribution in [0.4, 0.5) is 5.82 Å². The Bertz CT molecular complexity index is 382. The molecule has 3 nitrogen and oxygen atoms in total. The van der Waals surface area contributed by atoms with Gasteiger partial charge in [0.05, 0.1) is 5.69 Å². The summed E-state index contributed by atoms with van der Waals surface area (Å²) in [4.78, 5) is 8.53. The van der Waals surface area contributed by atoms with Gasteiger partial charge in [0.25, 0.3) is 0 Å². The van der Waals surface area contributed by atoms with E-state index in [1.807, 2.05) is 0 Å². The Labute approximate surface area is 95.3 Å². The van der Waals surface area contributed by atoms with E-state index in [9.17, 15) is 0 Å². The molecule has 1 aliphatic carbocycles. The van der Waals surface area contributed by atoms with E-state index < -0.39 is 0 Å². The highest BCUT2D eigenvalue weighted by Crippen LogP contribution is 2.28. The lowest BCUT2D eigenvalue weighted by atomic mass is 10.1. The topological polar surface area (TPSA) is 37.8 Å². The van der Waals surface area contributed by atoms with Crippen LogP contribution in [0.25, 0.3) is 0 Å². The first-order chi connectivity index (χ1) is 6.96. The Morgan fingerprint density at radius 2 is 1.93 bits per heavy atom. The number of rotatable bonds is 1. The fraction of sp³-hybridized carbons (Fsp3) is 0.636. The molecule has 0 fully saturated rings. The standard InChI is InChI=1S/C11H16ClN3/c1-11(2,3)15-9-7-5-4-6-8(7)13-10(12)14-9/h4-6H2,1-3H3,(H,13,14,15). The van der Waals surface area contributed by atoms with E-state index in [2.05, 4.69) is 36.1 Å². The number of aromatic nitrogens is 2. The van der Waals surface area contributed by atoms with Crippen molar-refractivity contribution < 1.29 is 0 Å². The average Bonchev–Trinajstić information content (AvgIpc) is 2.48. The van der Waals surface area contributed by atoms with Crippen molar-refractivity contribution >= 4 is 17.4 Å². The van der Waals surface area contributed by atoms with E-state index >= 15 is 0 Å². The van der Waals surface area contributed by atoms with Gasteiger partial charge in [-0.15, -0.1) is 0 Å². The SMILES string of the molecule is CC(C)(C)Nc1nc(Cl)nc2c1CCC2. The molecule has 0 amide bonds. The fourth-order valence-corrected chi connectivity index (χ4v) is 2.05. The second-order valence-corrected chi connectivity index (χ2v) is 5.33. The number of aryl methyl sites for hydroxylation is 1. The maximum atomic E-state index is 5.90. The van der Waals surface area contributed by atoms with E-state index in [1.54, 1.807) is 0 Å². The summed E-state index contributed by atoms with van der Waals surface area (Å²) in [6.07, 6.45) is 3.24. The molecule has 1 aliphatic rings. The van der Waals surface area contributed by atoms with Crippen molar-refractivity contribution in [3.05, 3.63) is 16.5 Å². The van der Waals surface area contributed by atoms with Crippen LogP contribution in [0.1, 0.15) is 38.4 Å². The third-order valence-electron chi connectivity index (χ3n) is 2.40. The Kier molecular flexibility index (Phi) is 2.59. The molecular weight excluding hydrogens is 210 g/mol. The molecule has 1 heterocycles. The molecule has 82 valence electrons. The quantitative estimate of drug-likeness (QED) is 0.747. The number of hydrogen-bond donors (Lipinski definition) is 1. The van der Waals surface area contributed by atoms with E-state index in [1.165, 1.54) is 5.56 Å². The first kappa shape index (κ1) is 10.7. The minimum atomic E-state index is 0.00798. The number of nitrogens with one attached hydrogen (secondary N) is 1. The van der Waals surface area contributed by atoms with Crippen molar-refractivity contribution in [3.63, 3.8) is 0 Å². The second kappa shape index (κ2) is 3.63. The van der Waals surface area contributed by atoms with E-state index in [-0.39, 0.29) is 5.54 Å². The van der Waals surface area contributed by atoms with Crippen LogP contribution in [-0.4, -0.2) is 15.5 Å². The molecule has 0 aromatic carbocycles. The summed E-state index contributed by atoms with van der Waals surface area (Å²) in [5, 5.41) is 3.74. The zero-order chi connectivity index (χ0) is 11.1. The van der Waals surface area contributed by atoms with Gasteiger partial charge in [0, 0.05) is 11.1 Å². The second-order valence-electron chi connectivity index (χ2n) is 5.00. The minimum absolute atomic E-state index is 0.00798. The Morgan fingerprint density at radius 3 is 2.60 bits per heavy atom. The lowest BCUT2D eigenvalue weighted by Crippen LogP contribution is -2.27. The third kappa shape index (κ3) is 2.40. The monoisotopic (exact) mass is 225 g/mol. The van der Waals surface area contributed by atoms with Crippen LogP contribution < -0.4 is 5.32 Å². The summed E-state index contributed by atoms with van der Waals surface area (Å²) < 4.78 is 0. The Morgan fingerprint density at radius 1 is 1.20 bits per heavy atom. The third-order valence-corrected chi connectivity index (χ3v) is 2.57. The Balaban J connectivity index is 2.39. The van der Waals surface area contributed by atoms with Gasteiger partial charge in [0.15, 0.2) is 0 Å². The summed E-state index contributed by atoms with van der Waals surface area (Å²) in [7, 11) is 0. The molecule has 1 aromatic rings. The van der Waals surface area contributed by atoms with Gasteiger partial charge in [-0.05, 0) is 51.6 Å². The maximum absolute atomic E-state index is 5.90. The van der Waals surface area contributed by atoms with Crippen molar-refractivity contribution in [2.75, 3.05) is 5.32 Å². The number of nitrogens with zero attached hydrogens (tertiary/aromatic N) is 2. The van der Waals surface area contributed by atoms with Crippen molar-refractivity contribution in [3.8, 4) is 0 Å². The summed E-state index contributed by atoms with van der Waals surface area (Å²) in [5.41, 5.74) is 2.37. The van der Waals surface area contributed by atoms with Crippen LogP contribution >= 0.6 is 11.6 Å². The number of anilines is 1. The first-order valence-electron chi connectivity index (χ1n) is 5.29. The molecule has 0 spiro atoms. The van der Waals surface area contributed by atoms with Gasteiger partial charge in [-0.2, -0.15) is 0 Å². The molecule has 4 heteroatoms. The van der Waals surface area contributed by atoms with Crippen molar-refractivity contribution in [1.82, 2.24) is 9.97 Å². The summed E-state index contributed by atoms with van der Waals surface area (Å²) in [5.74, 6) is 0.912. The van der Waals surface area contributed by atoms with Crippen LogP contribution in [0.3, 0.4) is 0 Å². The van der Waals surface area contributed by atoms with E-state index in [4.69, 9.17) is 11.6 Å². The lowest BCUT2D eigenvalue weighted by molar-refractivity contribution is 0.628. The predicted octanol–water partition coefficient (Wildman–Crippen LogP) is 2.83. The average molecular weight is 226 g/mol. The van der Waals surface area contributed by atoms with Gasteiger partial charge in [-0.3, -0.25) is 0 Å². The zero-order valence-corrected chi connectivity index (χ0v) is 10.1. The van der Waals surface area contributed by atoms with Crippen molar-refractivity contribution in [2.24, 2.45) is 0 Å². The smallest absolute Gasteiger partial charge is 0.224 e. The summed E-state index contributed by atoms with van der Waals surface area (Å²) in [6.45, 7) is 6.35. The van der Waals surface area contributed by atoms with Gasteiger partial charge >= 0.3 is 0 Å². The largest absolute Gasteiger partial charge is 0.365 e. The van der Waals surface area contributed by atoms with Crippen LogP contribution in [0.15, 0.2) is 0 Å². The predicted molar refractivity (Wildman–Crippen MR) is 62.4 cm³/mol. The van der Waals surface area contributed by atoms with Gasteiger partial charge < -0.3 is 5.32 Å². The highest BCUT2D eigenvalue weighted by atomic mass is 35.5. The van der Waals surface area contributed by atoms with Crippen molar-refractivity contribution in [2.45, 2.75) is 45.6 Å². The van der Waals surface area contributed by atoms with Crippen LogP contribution in [-0.2, 0) is 12.8 Å². The molecule has 0 unspecified atom stereocenters. The number of halogens is 1. The first-order valence-corrected chi connectivity index (χ1v) is 5.67. The van der Waals surface area contributed by atoms with Gasteiger partial charge in [0.1, 0.15) is 5.82 Å². The van der Waals surface area contributed by atoms with Gasteiger partial charge in [0.2, 0.25) is 5.28 Å². The van der Waals surface area contributed by atoms with Crippen LogP contribution in [0.5, 0.6) is 0 Å². The normalized spacial score (nSPS) is 15.2. The summed E-state index contributed by atoms with van der Waals surface area (Å²) >= 11 is 5.90. The molecule has 0 atom stereocenters. The highest BCUT2D eigenvalue weighted by molar-refractivity contribution is 6.28. The maximum Gasteiger partial charge on any atom is 0.224 e. The van der Waals surface area contributed by atoms with Crippen LogP contribution in [0, 0.1) is 0 Å². The fourth-order valence-electron chi connectivity index (χ4n) is 1.86. The molecule has 0 saturated carbocycles. The van der Waals surface area contributed by atoms with Gasteiger partial charge in [-0.1, -0.05) is 0 Å². The molecular formula is C11H16ClN3. The molecule has 2 rings (SSSR count). The van der Waals surface area contributed by atoms with Crippen molar-refractivity contribution in [1.29, 1.82) is 0 Å². The Hall–Kier alpha value is -0.830. The summed E-state index contributed by atoms with van der Waals surface area (Å²) in [6, 6.07) is 0. The molecule has 0 aliphatic heterocycles. The highest BCUT2D eigenvalue weighted by Gasteiger charge is 2.21. The van der Waals surface area contributed by atoms with E-state index in [0.29, 0.717) is 5.28 Å². The molecule has 1 aromatic heterocycles. The lowest BCUT2D eigenvalue weighted by Gasteiger charge is -2.23.